The fourth-order valence-corrected chi connectivity index (χ4v) is 3.08. The summed E-state index contributed by atoms with van der Waals surface area (Å²) in [6, 6.07) is 6.64. The Morgan fingerprint density at radius 2 is 1.89 bits per heavy atom. The zero-order valence-corrected chi connectivity index (χ0v) is 11.5. The number of carbonyl (C=O) groups is 1. The van der Waals surface area contributed by atoms with Crippen molar-refractivity contribution in [3.63, 3.8) is 0 Å². The first-order valence-corrected chi connectivity index (χ1v) is 6.91. The van der Waals surface area contributed by atoms with Gasteiger partial charge in [-0.3, -0.25) is 4.79 Å². The maximum absolute atomic E-state index is 12.0. The van der Waals surface area contributed by atoms with Crippen LogP contribution in [0.5, 0.6) is 0 Å². The molecular formula is C16H18N2O. The van der Waals surface area contributed by atoms with Crippen molar-refractivity contribution in [2.24, 2.45) is 0 Å². The van der Waals surface area contributed by atoms with Gasteiger partial charge < -0.3 is 4.90 Å². The molecule has 0 aliphatic carbocycles. The third-order valence-corrected chi connectivity index (χ3v) is 4.28. The molecule has 1 aromatic carbocycles. The summed E-state index contributed by atoms with van der Waals surface area (Å²) in [6.45, 7) is 4.76. The highest BCUT2D eigenvalue weighted by Crippen LogP contribution is 2.38. The number of nitriles is 1. The number of benzene rings is 1. The van der Waals surface area contributed by atoms with Gasteiger partial charge in [0.15, 0.2) is 0 Å². The first-order chi connectivity index (χ1) is 9.03. The monoisotopic (exact) mass is 254 g/mol. The van der Waals surface area contributed by atoms with E-state index in [2.05, 4.69) is 18.2 Å². The van der Waals surface area contributed by atoms with Gasteiger partial charge in [0.1, 0.15) is 0 Å². The van der Waals surface area contributed by atoms with Crippen LogP contribution in [0.1, 0.15) is 43.4 Å². The number of nitrogens with zero attached hydrogens (tertiary/aromatic N) is 2. The third kappa shape index (κ3) is 1.83. The molecule has 1 amide bonds. The van der Waals surface area contributed by atoms with Crippen molar-refractivity contribution in [2.75, 3.05) is 11.4 Å². The lowest BCUT2D eigenvalue weighted by atomic mass is 9.81. The molecule has 2 aliphatic rings. The van der Waals surface area contributed by atoms with Crippen molar-refractivity contribution in [1.29, 1.82) is 5.26 Å². The van der Waals surface area contributed by atoms with Crippen molar-refractivity contribution in [3.8, 4) is 6.07 Å². The highest BCUT2D eigenvalue weighted by Gasteiger charge is 2.31. The molecule has 0 N–H and O–H groups in total. The Kier molecular flexibility index (Phi) is 2.63. The van der Waals surface area contributed by atoms with Crippen LogP contribution >= 0.6 is 0 Å². The Bertz CT molecular complexity index is 578. The van der Waals surface area contributed by atoms with E-state index >= 15 is 0 Å². The van der Waals surface area contributed by atoms with Gasteiger partial charge >= 0.3 is 0 Å². The van der Waals surface area contributed by atoms with Crippen LogP contribution in [-0.4, -0.2) is 12.5 Å². The van der Waals surface area contributed by atoms with Gasteiger partial charge in [0, 0.05) is 13.0 Å². The minimum Gasteiger partial charge on any atom is -0.312 e. The summed E-state index contributed by atoms with van der Waals surface area (Å²) in [5.41, 5.74) is 4.25. The largest absolute Gasteiger partial charge is 0.312 e. The number of aryl methyl sites for hydroxylation is 2. The quantitative estimate of drug-likeness (QED) is 0.773. The highest BCUT2D eigenvalue weighted by molar-refractivity contribution is 5.97. The average Bonchev–Trinajstić information content (AvgIpc) is 2.42. The summed E-state index contributed by atoms with van der Waals surface area (Å²) in [5, 5.41) is 9.31. The van der Waals surface area contributed by atoms with E-state index in [-0.39, 0.29) is 5.91 Å². The molecule has 0 saturated carbocycles. The predicted octanol–water partition coefficient (Wildman–Crippen LogP) is 2.71. The van der Waals surface area contributed by atoms with Gasteiger partial charge in [0.25, 0.3) is 0 Å². The normalized spacial score (nSPS) is 17.9. The van der Waals surface area contributed by atoms with E-state index in [0.29, 0.717) is 6.42 Å². The smallest absolute Gasteiger partial charge is 0.227 e. The van der Waals surface area contributed by atoms with Crippen LogP contribution < -0.4 is 4.90 Å². The molecule has 3 nitrogen and oxygen atoms in total. The fraction of sp³-hybridized carbons (Fsp3) is 0.500. The Morgan fingerprint density at radius 3 is 2.58 bits per heavy atom. The van der Waals surface area contributed by atoms with Crippen LogP contribution in [0, 0.1) is 11.3 Å². The molecule has 0 bridgehead atoms. The lowest BCUT2D eigenvalue weighted by Crippen LogP contribution is -2.39. The van der Waals surface area contributed by atoms with Gasteiger partial charge in [-0.05, 0) is 49.8 Å². The second-order valence-corrected chi connectivity index (χ2v) is 6.03. The summed E-state index contributed by atoms with van der Waals surface area (Å²) in [4.78, 5) is 13.9. The van der Waals surface area contributed by atoms with Crippen LogP contribution in [-0.2, 0) is 23.1 Å². The summed E-state index contributed by atoms with van der Waals surface area (Å²) in [6.07, 6.45) is 3.45. The van der Waals surface area contributed by atoms with Crippen molar-refractivity contribution in [2.45, 2.75) is 44.9 Å². The Morgan fingerprint density at radius 1 is 1.21 bits per heavy atom. The second-order valence-electron chi connectivity index (χ2n) is 6.03. The Hall–Kier alpha value is -1.82. The number of carbonyl (C=O) groups excluding carboxylic acids is 1. The molecule has 98 valence electrons. The van der Waals surface area contributed by atoms with Crippen molar-refractivity contribution >= 4 is 11.6 Å². The van der Waals surface area contributed by atoms with Crippen LogP contribution in [0.2, 0.25) is 0 Å². The number of rotatable bonds is 1. The minimum atomic E-state index is -0.463. The minimum absolute atomic E-state index is 0.251. The van der Waals surface area contributed by atoms with Crippen molar-refractivity contribution in [1.82, 2.24) is 0 Å². The number of amides is 1. The highest BCUT2D eigenvalue weighted by atomic mass is 16.2. The zero-order chi connectivity index (χ0) is 13.6. The fourth-order valence-electron chi connectivity index (χ4n) is 3.08. The molecule has 2 aliphatic heterocycles. The molecule has 0 saturated heterocycles. The lowest BCUT2D eigenvalue weighted by molar-refractivity contribution is -0.119. The summed E-state index contributed by atoms with van der Waals surface area (Å²) in [5.74, 6) is 0.251. The maximum atomic E-state index is 12.0. The van der Waals surface area contributed by atoms with Crippen molar-refractivity contribution in [3.05, 3.63) is 28.8 Å². The molecule has 19 heavy (non-hydrogen) atoms. The molecule has 0 atom stereocenters. The first kappa shape index (κ1) is 12.2. The van der Waals surface area contributed by atoms with Crippen LogP contribution in [0.15, 0.2) is 12.1 Å². The summed E-state index contributed by atoms with van der Waals surface area (Å²) >= 11 is 0. The molecule has 1 aromatic rings. The van der Waals surface area contributed by atoms with Gasteiger partial charge in [-0.1, -0.05) is 12.1 Å². The summed E-state index contributed by atoms with van der Waals surface area (Å²) < 4.78 is 0. The third-order valence-electron chi connectivity index (χ3n) is 4.28. The molecule has 3 rings (SSSR count). The van der Waals surface area contributed by atoms with Gasteiger partial charge in [-0.15, -0.1) is 0 Å². The molecule has 2 heterocycles. The SMILES string of the molecule is CC(C)(C#N)c1cc2c3c(c1)CCC(=O)N3CCC2. The van der Waals surface area contributed by atoms with Gasteiger partial charge in [-0.2, -0.15) is 5.26 Å². The molecule has 0 fully saturated rings. The molecule has 0 spiro atoms. The predicted molar refractivity (Wildman–Crippen MR) is 74.1 cm³/mol. The van der Waals surface area contributed by atoms with E-state index in [1.54, 1.807) is 0 Å². The Balaban J connectivity index is 2.18. The van der Waals surface area contributed by atoms with E-state index < -0.39 is 5.41 Å². The van der Waals surface area contributed by atoms with Gasteiger partial charge in [0.2, 0.25) is 5.91 Å². The standard InChI is InChI=1S/C16H18N2O/c1-16(2,10-17)13-8-11-4-3-7-18-14(19)6-5-12(9-13)15(11)18/h8-9H,3-7H2,1-2H3. The second kappa shape index (κ2) is 4.09. The number of anilines is 1. The van der Waals surface area contributed by atoms with Gasteiger partial charge in [-0.25, -0.2) is 0 Å². The molecule has 0 aromatic heterocycles. The average molecular weight is 254 g/mol. The molecule has 0 unspecified atom stereocenters. The number of hydrogen-bond donors (Lipinski definition) is 0. The first-order valence-electron chi connectivity index (χ1n) is 6.91. The van der Waals surface area contributed by atoms with Crippen LogP contribution in [0.25, 0.3) is 0 Å². The zero-order valence-electron chi connectivity index (χ0n) is 11.5. The molecular weight excluding hydrogens is 236 g/mol. The van der Waals surface area contributed by atoms with E-state index in [1.165, 1.54) is 11.1 Å². The van der Waals surface area contributed by atoms with Crippen LogP contribution in [0.4, 0.5) is 5.69 Å². The van der Waals surface area contributed by atoms with Gasteiger partial charge in [0.05, 0.1) is 17.2 Å². The van der Waals surface area contributed by atoms with E-state index in [1.807, 2.05) is 18.7 Å². The van der Waals surface area contributed by atoms with E-state index in [0.717, 1.165) is 37.1 Å². The molecule has 0 radical (unpaired) electrons. The van der Waals surface area contributed by atoms with Crippen molar-refractivity contribution < 1.29 is 4.79 Å². The van der Waals surface area contributed by atoms with E-state index in [9.17, 15) is 10.1 Å². The lowest BCUT2D eigenvalue weighted by Gasteiger charge is -2.36. The van der Waals surface area contributed by atoms with E-state index in [4.69, 9.17) is 0 Å². The number of hydrogen-bond acceptors (Lipinski definition) is 2. The molecule has 3 heteroatoms. The topological polar surface area (TPSA) is 44.1 Å². The summed E-state index contributed by atoms with van der Waals surface area (Å²) in [7, 11) is 0. The van der Waals surface area contributed by atoms with Crippen LogP contribution in [0.3, 0.4) is 0 Å². The maximum Gasteiger partial charge on any atom is 0.227 e. The Labute approximate surface area is 113 Å².